The van der Waals surface area contributed by atoms with Crippen molar-refractivity contribution in [1.82, 2.24) is 0 Å². The van der Waals surface area contributed by atoms with E-state index in [1.165, 1.54) is 5.56 Å². The molecular formula is C14H23NO2. The molecule has 17 heavy (non-hydrogen) atoms. The molecule has 0 aliphatic heterocycles. The van der Waals surface area contributed by atoms with Gasteiger partial charge in [-0.1, -0.05) is 25.0 Å². The van der Waals surface area contributed by atoms with Gasteiger partial charge in [0.05, 0.1) is 0 Å². The van der Waals surface area contributed by atoms with Crippen molar-refractivity contribution < 1.29 is 10.2 Å². The SMILES string of the molecule is OCCCCCCNc1ccc(CCO)cc1. The monoisotopic (exact) mass is 237 g/mol. The van der Waals surface area contributed by atoms with Crippen LogP contribution in [0.5, 0.6) is 0 Å². The van der Waals surface area contributed by atoms with Gasteiger partial charge in [0.1, 0.15) is 0 Å². The molecule has 0 spiro atoms. The van der Waals surface area contributed by atoms with Crippen LogP contribution in [0.2, 0.25) is 0 Å². The Labute approximate surface area is 103 Å². The second kappa shape index (κ2) is 9.02. The number of aliphatic hydroxyl groups is 2. The molecular weight excluding hydrogens is 214 g/mol. The zero-order valence-corrected chi connectivity index (χ0v) is 10.4. The number of benzene rings is 1. The van der Waals surface area contributed by atoms with Crippen LogP contribution in [-0.4, -0.2) is 30.0 Å². The molecule has 0 saturated heterocycles. The number of nitrogens with one attached hydrogen (secondary N) is 1. The Morgan fingerprint density at radius 2 is 1.53 bits per heavy atom. The summed E-state index contributed by atoms with van der Waals surface area (Å²) >= 11 is 0. The fourth-order valence-electron chi connectivity index (χ4n) is 1.74. The third kappa shape index (κ3) is 6.29. The number of aliphatic hydroxyl groups excluding tert-OH is 2. The van der Waals surface area contributed by atoms with Gasteiger partial charge in [0.15, 0.2) is 0 Å². The van der Waals surface area contributed by atoms with Gasteiger partial charge in [0.25, 0.3) is 0 Å². The predicted molar refractivity (Wildman–Crippen MR) is 71.3 cm³/mol. The maximum atomic E-state index is 8.80. The highest BCUT2D eigenvalue weighted by atomic mass is 16.3. The Kier molecular flexibility index (Phi) is 7.43. The fourth-order valence-corrected chi connectivity index (χ4v) is 1.74. The summed E-state index contributed by atoms with van der Waals surface area (Å²) in [6.07, 6.45) is 5.04. The maximum Gasteiger partial charge on any atom is 0.0471 e. The van der Waals surface area contributed by atoms with Crippen LogP contribution in [0.4, 0.5) is 5.69 Å². The summed E-state index contributed by atoms with van der Waals surface area (Å²) in [6.45, 7) is 1.49. The van der Waals surface area contributed by atoms with Crippen LogP contribution < -0.4 is 5.32 Å². The second-order valence-electron chi connectivity index (χ2n) is 4.24. The first-order valence-corrected chi connectivity index (χ1v) is 6.41. The highest BCUT2D eigenvalue weighted by molar-refractivity contribution is 5.44. The average Bonchev–Trinajstić information content (AvgIpc) is 2.36. The number of anilines is 1. The van der Waals surface area contributed by atoms with E-state index in [4.69, 9.17) is 10.2 Å². The Bertz CT molecular complexity index is 285. The first-order valence-electron chi connectivity index (χ1n) is 6.41. The summed E-state index contributed by atoms with van der Waals surface area (Å²) in [4.78, 5) is 0. The van der Waals surface area contributed by atoms with Gasteiger partial charge in [0.2, 0.25) is 0 Å². The average molecular weight is 237 g/mol. The van der Waals surface area contributed by atoms with Gasteiger partial charge in [-0.3, -0.25) is 0 Å². The first kappa shape index (κ1) is 14.0. The van der Waals surface area contributed by atoms with Crippen molar-refractivity contribution in [2.75, 3.05) is 25.1 Å². The van der Waals surface area contributed by atoms with Crippen molar-refractivity contribution in [2.45, 2.75) is 32.1 Å². The first-order chi connectivity index (χ1) is 8.36. The summed E-state index contributed by atoms with van der Waals surface area (Å²) < 4.78 is 0. The van der Waals surface area contributed by atoms with Crippen molar-refractivity contribution in [3.63, 3.8) is 0 Å². The lowest BCUT2D eigenvalue weighted by atomic mass is 10.1. The predicted octanol–water partition coefficient (Wildman–Crippen LogP) is 2.19. The van der Waals surface area contributed by atoms with Crippen LogP contribution >= 0.6 is 0 Å². The number of hydrogen-bond acceptors (Lipinski definition) is 3. The fraction of sp³-hybridized carbons (Fsp3) is 0.571. The Morgan fingerprint density at radius 1 is 0.824 bits per heavy atom. The van der Waals surface area contributed by atoms with Crippen molar-refractivity contribution in [2.24, 2.45) is 0 Å². The van der Waals surface area contributed by atoms with E-state index in [1.807, 2.05) is 12.1 Å². The minimum Gasteiger partial charge on any atom is -0.396 e. The van der Waals surface area contributed by atoms with Gasteiger partial charge >= 0.3 is 0 Å². The Morgan fingerprint density at radius 3 is 2.18 bits per heavy atom. The molecule has 0 radical (unpaired) electrons. The maximum absolute atomic E-state index is 8.80. The van der Waals surface area contributed by atoms with Crippen molar-refractivity contribution in [3.8, 4) is 0 Å². The van der Waals surface area contributed by atoms with Crippen LogP contribution in [-0.2, 0) is 6.42 Å². The van der Waals surface area contributed by atoms with Crippen LogP contribution in [0.25, 0.3) is 0 Å². The molecule has 0 aromatic heterocycles. The molecule has 0 heterocycles. The van der Waals surface area contributed by atoms with Crippen LogP contribution in [0, 0.1) is 0 Å². The van der Waals surface area contributed by atoms with Crippen LogP contribution in [0.15, 0.2) is 24.3 Å². The van der Waals surface area contributed by atoms with Crippen LogP contribution in [0.3, 0.4) is 0 Å². The molecule has 1 rings (SSSR count). The highest BCUT2D eigenvalue weighted by Gasteiger charge is 1.94. The molecule has 96 valence electrons. The normalized spacial score (nSPS) is 10.5. The lowest BCUT2D eigenvalue weighted by Gasteiger charge is -2.07. The van der Waals surface area contributed by atoms with E-state index in [0.717, 1.165) is 44.3 Å². The van der Waals surface area contributed by atoms with E-state index in [1.54, 1.807) is 0 Å². The highest BCUT2D eigenvalue weighted by Crippen LogP contribution is 2.10. The van der Waals surface area contributed by atoms with Gasteiger partial charge < -0.3 is 15.5 Å². The van der Waals surface area contributed by atoms with Crippen molar-refractivity contribution in [1.29, 1.82) is 0 Å². The molecule has 0 atom stereocenters. The Hall–Kier alpha value is -1.06. The molecule has 3 heteroatoms. The summed E-state index contributed by atoms with van der Waals surface area (Å²) in [7, 11) is 0. The summed E-state index contributed by atoms with van der Waals surface area (Å²) in [5.41, 5.74) is 2.30. The van der Waals surface area contributed by atoms with Gasteiger partial charge in [0, 0.05) is 25.4 Å². The number of unbranched alkanes of at least 4 members (excludes halogenated alkanes) is 3. The Balaban J connectivity index is 2.14. The molecule has 3 N–H and O–H groups in total. The van der Waals surface area contributed by atoms with E-state index in [0.29, 0.717) is 6.61 Å². The summed E-state index contributed by atoms with van der Waals surface area (Å²) in [5.74, 6) is 0. The molecule has 3 nitrogen and oxygen atoms in total. The third-order valence-corrected chi connectivity index (χ3v) is 2.77. The molecule has 1 aromatic rings. The van der Waals surface area contributed by atoms with E-state index in [-0.39, 0.29) is 6.61 Å². The van der Waals surface area contributed by atoms with Gasteiger partial charge in [-0.25, -0.2) is 0 Å². The number of rotatable bonds is 9. The topological polar surface area (TPSA) is 52.5 Å². The third-order valence-electron chi connectivity index (χ3n) is 2.77. The van der Waals surface area contributed by atoms with Gasteiger partial charge in [-0.2, -0.15) is 0 Å². The lowest BCUT2D eigenvalue weighted by molar-refractivity contribution is 0.283. The second-order valence-corrected chi connectivity index (χ2v) is 4.24. The summed E-state index contributed by atoms with van der Waals surface area (Å²) in [6, 6.07) is 8.20. The molecule has 0 saturated carbocycles. The number of hydrogen-bond donors (Lipinski definition) is 3. The zero-order valence-electron chi connectivity index (χ0n) is 10.4. The quantitative estimate of drug-likeness (QED) is 0.577. The van der Waals surface area contributed by atoms with Gasteiger partial charge in [-0.15, -0.1) is 0 Å². The van der Waals surface area contributed by atoms with Gasteiger partial charge in [-0.05, 0) is 37.0 Å². The molecule has 0 aliphatic carbocycles. The van der Waals surface area contributed by atoms with E-state index in [2.05, 4.69) is 17.4 Å². The van der Waals surface area contributed by atoms with Crippen molar-refractivity contribution in [3.05, 3.63) is 29.8 Å². The van der Waals surface area contributed by atoms with E-state index < -0.39 is 0 Å². The molecule has 0 amide bonds. The molecule has 0 unspecified atom stereocenters. The molecule has 0 aliphatic rings. The van der Waals surface area contributed by atoms with E-state index >= 15 is 0 Å². The molecule has 1 aromatic carbocycles. The minimum atomic E-state index is 0.206. The van der Waals surface area contributed by atoms with Crippen LogP contribution in [0.1, 0.15) is 31.2 Å². The zero-order chi connectivity index (χ0) is 12.3. The van der Waals surface area contributed by atoms with Crippen molar-refractivity contribution >= 4 is 5.69 Å². The minimum absolute atomic E-state index is 0.206. The van der Waals surface area contributed by atoms with E-state index in [9.17, 15) is 0 Å². The molecule has 0 bridgehead atoms. The standard InChI is InChI=1S/C14H23NO2/c16-11-4-2-1-3-10-15-14-7-5-13(6-8-14)9-12-17/h5-8,15-17H,1-4,9-12H2. The lowest BCUT2D eigenvalue weighted by Crippen LogP contribution is -2.01. The summed E-state index contributed by atoms with van der Waals surface area (Å²) in [5, 5.41) is 20.8. The molecule has 0 fully saturated rings. The largest absolute Gasteiger partial charge is 0.396 e. The smallest absolute Gasteiger partial charge is 0.0471 e.